The maximum atomic E-state index is 13.6. The minimum absolute atomic E-state index is 0.00689. The van der Waals surface area contributed by atoms with Crippen LogP contribution < -0.4 is 15.4 Å². The van der Waals surface area contributed by atoms with Crippen molar-refractivity contribution in [1.82, 2.24) is 9.80 Å². The predicted molar refractivity (Wildman–Crippen MR) is 173 cm³/mol. The molecule has 0 aliphatic carbocycles. The van der Waals surface area contributed by atoms with Crippen LogP contribution in [-0.2, 0) is 6.18 Å². The van der Waals surface area contributed by atoms with Crippen molar-refractivity contribution in [2.45, 2.75) is 19.5 Å². The molecule has 14 heteroatoms. The van der Waals surface area contributed by atoms with Crippen molar-refractivity contribution in [3.8, 4) is 5.75 Å². The number of halogens is 3. The Morgan fingerprint density at radius 3 is 2.66 bits per heavy atom. The van der Waals surface area contributed by atoms with Crippen molar-refractivity contribution in [3.05, 3.63) is 64.6 Å². The fraction of sp³-hybridized carbons (Fsp3) is 0.367. The minimum atomic E-state index is -4.62. The number of thioether (sulfide) groups is 1. The van der Waals surface area contributed by atoms with Gasteiger partial charge in [-0.15, -0.1) is 0 Å². The van der Waals surface area contributed by atoms with E-state index in [0.29, 0.717) is 36.1 Å². The van der Waals surface area contributed by atoms with E-state index in [1.165, 1.54) is 12.4 Å². The van der Waals surface area contributed by atoms with E-state index in [1.54, 1.807) is 24.4 Å². The molecule has 234 valence electrons. The molecule has 0 unspecified atom stereocenters. The number of amides is 1. The molecule has 0 spiro atoms. The van der Waals surface area contributed by atoms with Crippen LogP contribution in [0.1, 0.15) is 27.9 Å². The van der Waals surface area contributed by atoms with Crippen molar-refractivity contribution in [3.63, 3.8) is 0 Å². The number of carbonyl (C=O) groups is 1. The Balaban J connectivity index is 1.59. The normalized spacial score (nSPS) is 16.6. The van der Waals surface area contributed by atoms with E-state index < -0.39 is 17.6 Å². The lowest BCUT2D eigenvalue weighted by Crippen LogP contribution is -2.37. The van der Waals surface area contributed by atoms with Crippen LogP contribution >= 0.6 is 11.8 Å². The SMILES string of the molecule is C=NC=N/C(Nc1cc(C(=O)Nc2cc(OCCN(C)C)cc(C(F)(F)F)c2)ccc1C)=C1\CC=NC(N2CCSCC2)=N1. The van der Waals surface area contributed by atoms with Gasteiger partial charge in [-0.1, -0.05) is 6.07 Å². The summed E-state index contributed by atoms with van der Waals surface area (Å²) in [5.41, 5.74) is 1.26. The Kier molecular flexibility index (Phi) is 11.2. The maximum absolute atomic E-state index is 13.6. The zero-order chi connectivity index (χ0) is 31.7. The molecule has 1 saturated heterocycles. The highest BCUT2D eigenvalue weighted by atomic mass is 32.2. The highest BCUT2D eigenvalue weighted by Crippen LogP contribution is 2.34. The van der Waals surface area contributed by atoms with Gasteiger partial charge in [0.05, 0.1) is 11.3 Å². The van der Waals surface area contributed by atoms with Crippen molar-refractivity contribution < 1.29 is 22.7 Å². The number of aryl methyl sites for hydroxylation is 1. The Morgan fingerprint density at radius 2 is 1.95 bits per heavy atom. The van der Waals surface area contributed by atoms with Crippen LogP contribution in [0.25, 0.3) is 0 Å². The van der Waals surface area contributed by atoms with Gasteiger partial charge in [0.15, 0.2) is 5.82 Å². The number of hydrogen-bond acceptors (Lipinski definition) is 9. The molecule has 44 heavy (non-hydrogen) atoms. The number of hydrogen-bond donors (Lipinski definition) is 2. The van der Waals surface area contributed by atoms with E-state index in [4.69, 9.17) is 9.73 Å². The summed E-state index contributed by atoms with van der Waals surface area (Å²) in [6.07, 6.45) is -1.12. The monoisotopic (exact) mass is 628 g/mol. The minimum Gasteiger partial charge on any atom is -0.492 e. The number of guanidine groups is 1. The Hall–Kier alpha value is -4.17. The number of anilines is 2. The lowest BCUT2D eigenvalue weighted by Gasteiger charge is -2.28. The van der Waals surface area contributed by atoms with Gasteiger partial charge in [0, 0.05) is 66.8 Å². The van der Waals surface area contributed by atoms with Gasteiger partial charge < -0.3 is 25.2 Å². The number of nitrogens with zero attached hydrogens (tertiary/aromatic N) is 6. The summed E-state index contributed by atoms with van der Waals surface area (Å²) in [5.74, 6) is 2.43. The second-order valence-electron chi connectivity index (χ2n) is 10.3. The fourth-order valence-electron chi connectivity index (χ4n) is 4.24. The fourth-order valence-corrected chi connectivity index (χ4v) is 5.15. The van der Waals surface area contributed by atoms with Gasteiger partial charge >= 0.3 is 6.18 Å². The number of allylic oxidation sites excluding steroid dienone is 1. The molecule has 4 rings (SSSR count). The van der Waals surface area contributed by atoms with Gasteiger partial charge in [-0.25, -0.2) is 15.0 Å². The molecule has 1 fully saturated rings. The zero-order valence-corrected chi connectivity index (χ0v) is 25.6. The summed E-state index contributed by atoms with van der Waals surface area (Å²) in [6.45, 7) is 7.71. The second-order valence-corrected chi connectivity index (χ2v) is 11.5. The van der Waals surface area contributed by atoms with E-state index in [1.807, 2.05) is 37.7 Å². The largest absolute Gasteiger partial charge is 0.492 e. The number of likely N-dealkylation sites (N-methyl/N-ethyl adjacent to an activating group) is 1. The summed E-state index contributed by atoms with van der Waals surface area (Å²) < 4.78 is 46.4. The molecule has 2 aromatic rings. The van der Waals surface area contributed by atoms with Crippen LogP contribution in [-0.4, -0.2) is 92.8 Å². The molecule has 1 amide bonds. The third kappa shape index (κ3) is 9.16. The molecule has 10 nitrogen and oxygen atoms in total. The van der Waals surface area contributed by atoms with E-state index in [-0.39, 0.29) is 23.6 Å². The number of benzene rings is 2. The lowest BCUT2D eigenvalue weighted by atomic mass is 10.1. The van der Waals surface area contributed by atoms with Crippen LogP contribution in [0.5, 0.6) is 5.75 Å². The van der Waals surface area contributed by atoms with Gasteiger partial charge in [0.2, 0.25) is 5.96 Å². The smallest absolute Gasteiger partial charge is 0.416 e. The van der Waals surface area contributed by atoms with Crippen LogP contribution in [0.2, 0.25) is 0 Å². The molecule has 2 N–H and O–H groups in total. The first-order valence-electron chi connectivity index (χ1n) is 13.9. The summed E-state index contributed by atoms with van der Waals surface area (Å²) in [5, 5.41) is 5.84. The molecule has 0 radical (unpaired) electrons. The molecule has 2 aliphatic rings. The predicted octanol–water partition coefficient (Wildman–Crippen LogP) is 5.40. The highest BCUT2D eigenvalue weighted by Gasteiger charge is 2.32. The van der Waals surface area contributed by atoms with Gasteiger partial charge in [-0.2, -0.15) is 24.9 Å². The third-order valence-electron chi connectivity index (χ3n) is 6.61. The molecule has 0 aromatic heterocycles. The molecule has 2 aromatic carbocycles. The second kappa shape index (κ2) is 15.0. The average Bonchev–Trinajstić information content (AvgIpc) is 3.00. The topological polar surface area (TPSA) is 106 Å². The molecule has 2 heterocycles. The number of nitrogens with one attached hydrogen (secondary N) is 2. The standard InChI is InChI=1S/C30H35F3N8O2S/c1-20-5-6-21(28(42)37-23-16-22(30(31,32)33)17-24(18-23)43-12-9-40(3)4)15-26(20)38-27(36-19-34-2)25-7-8-35-29(39-25)41-10-13-44-14-11-41/h5-6,8,15-19,38H,2,7,9-14H2,1,3-4H3,(H,37,42)/b27-25-,36-19?. The average molecular weight is 629 g/mol. The number of carbonyl (C=O) groups excluding carboxylic acids is 1. The zero-order valence-electron chi connectivity index (χ0n) is 24.8. The first-order valence-corrected chi connectivity index (χ1v) is 15.0. The lowest BCUT2D eigenvalue weighted by molar-refractivity contribution is -0.137. The van der Waals surface area contributed by atoms with E-state index in [0.717, 1.165) is 42.3 Å². The highest BCUT2D eigenvalue weighted by molar-refractivity contribution is 7.99. The summed E-state index contributed by atoms with van der Waals surface area (Å²) >= 11 is 1.89. The molecular formula is C30H35F3N8O2S. The molecule has 0 atom stereocenters. The Bertz CT molecular complexity index is 1480. The summed E-state index contributed by atoms with van der Waals surface area (Å²) in [7, 11) is 3.66. The van der Waals surface area contributed by atoms with Crippen LogP contribution in [0, 0.1) is 6.92 Å². The van der Waals surface area contributed by atoms with E-state index >= 15 is 0 Å². The van der Waals surface area contributed by atoms with Gasteiger partial charge in [-0.05, 0) is 57.6 Å². The van der Waals surface area contributed by atoms with Crippen LogP contribution in [0.4, 0.5) is 24.5 Å². The first kappa shape index (κ1) is 32.7. The maximum Gasteiger partial charge on any atom is 0.416 e. The van der Waals surface area contributed by atoms with Gasteiger partial charge in [0.1, 0.15) is 18.7 Å². The van der Waals surface area contributed by atoms with Crippen molar-refractivity contribution in [2.75, 3.05) is 62.5 Å². The summed E-state index contributed by atoms with van der Waals surface area (Å²) in [6, 6.07) is 8.10. The molecule has 0 bridgehead atoms. The van der Waals surface area contributed by atoms with Crippen molar-refractivity contribution in [2.24, 2.45) is 20.0 Å². The van der Waals surface area contributed by atoms with Crippen LogP contribution in [0.3, 0.4) is 0 Å². The number of ether oxygens (including phenoxy) is 1. The number of alkyl halides is 3. The first-order chi connectivity index (χ1) is 21.0. The Morgan fingerprint density at radius 1 is 1.18 bits per heavy atom. The molecule has 2 aliphatic heterocycles. The van der Waals surface area contributed by atoms with Gasteiger partial charge in [-0.3, -0.25) is 9.79 Å². The number of aliphatic imine (C=N–C) groups is 4. The van der Waals surface area contributed by atoms with E-state index in [2.05, 4.69) is 37.2 Å². The third-order valence-corrected chi connectivity index (χ3v) is 7.56. The van der Waals surface area contributed by atoms with Crippen LogP contribution in [0.15, 0.2) is 67.9 Å². The number of rotatable bonds is 10. The van der Waals surface area contributed by atoms with E-state index in [9.17, 15) is 18.0 Å². The summed E-state index contributed by atoms with van der Waals surface area (Å²) in [4.78, 5) is 34.6. The Labute approximate surface area is 258 Å². The molecule has 0 saturated carbocycles. The van der Waals surface area contributed by atoms with Gasteiger partial charge in [0.25, 0.3) is 5.91 Å². The molecular weight excluding hydrogens is 593 g/mol. The van der Waals surface area contributed by atoms with Crippen molar-refractivity contribution in [1.29, 1.82) is 0 Å². The van der Waals surface area contributed by atoms with Crippen molar-refractivity contribution >= 4 is 54.3 Å². The quantitative estimate of drug-likeness (QED) is 0.270.